The topological polar surface area (TPSA) is 84.2 Å². The van der Waals surface area contributed by atoms with Gasteiger partial charge in [-0.15, -0.1) is 0 Å². The van der Waals surface area contributed by atoms with Crippen molar-refractivity contribution in [2.45, 2.75) is 6.42 Å². The van der Waals surface area contributed by atoms with Crippen LogP contribution in [-0.4, -0.2) is 35.5 Å². The molecule has 0 saturated carbocycles. The summed E-state index contributed by atoms with van der Waals surface area (Å²) in [6.07, 6.45) is 2.47. The van der Waals surface area contributed by atoms with Gasteiger partial charge in [0.2, 0.25) is 5.95 Å². The van der Waals surface area contributed by atoms with E-state index >= 15 is 0 Å². The molecule has 110 valence electrons. The number of non-ortho nitro benzene ring substituents is 1. The van der Waals surface area contributed by atoms with Crippen LogP contribution in [0.25, 0.3) is 0 Å². The van der Waals surface area contributed by atoms with Crippen molar-refractivity contribution in [2.75, 3.05) is 30.9 Å². The Kier molecular flexibility index (Phi) is 4.65. The Labute approximate surface area is 122 Å². The summed E-state index contributed by atoms with van der Waals surface area (Å²) >= 11 is 0. The zero-order chi connectivity index (χ0) is 15.2. The van der Waals surface area contributed by atoms with Gasteiger partial charge in [0.25, 0.3) is 5.69 Å². The van der Waals surface area contributed by atoms with Crippen LogP contribution in [0.2, 0.25) is 0 Å². The number of anilines is 2. The number of hydrogen-bond acceptors (Lipinski definition) is 6. The molecule has 0 amide bonds. The van der Waals surface area contributed by atoms with Crippen LogP contribution in [0, 0.1) is 10.1 Å². The maximum Gasteiger partial charge on any atom is 0.269 e. The SMILES string of the molecule is CN(C)c1nccc(NCCc2ccc([N+](=O)[O-])cc2)n1. The lowest BCUT2D eigenvalue weighted by atomic mass is 10.1. The molecule has 7 heteroatoms. The number of nitro benzene ring substituents is 1. The second-order valence-corrected chi connectivity index (χ2v) is 4.74. The van der Waals surface area contributed by atoms with Crippen molar-refractivity contribution in [1.82, 2.24) is 9.97 Å². The first-order valence-corrected chi connectivity index (χ1v) is 6.54. The van der Waals surface area contributed by atoms with E-state index in [1.165, 1.54) is 12.1 Å². The first-order chi connectivity index (χ1) is 10.1. The Balaban J connectivity index is 1.89. The normalized spacial score (nSPS) is 10.2. The highest BCUT2D eigenvalue weighted by Crippen LogP contribution is 2.13. The minimum absolute atomic E-state index is 0.109. The first kappa shape index (κ1) is 14.7. The average molecular weight is 287 g/mol. The largest absolute Gasteiger partial charge is 0.370 e. The van der Waals surface area contributed by atoms with Crippen LogP contribution in [0.1, 0.15) is 5.56 Å². The molecule has 1 aromatic heterocycles. The molecule has 0 aliphatic carbocycles. The van der Waals surface area contributed by atoms with E-state index in [9.17, 15) is 10.1 Å². The van der Waals surface area contributed by atoms with Crippen molar-refractivity contribution < 1.29 is 4.92 Å². The lowest BCUT2D eigenvalue weighted by molar-refractivity contribution is -0.384. The molecule has 1 N–H and O–H groups in total. The smallest absolute Gasteiger partial charge is 0.269 e. The van der Waals surface area contributed by atoms with E-state index in [2.05, 4.69) is 15.3 Å². The van der Waals surface area contributed by atoms with Gasteiger partial charge in [-0.3, -0.25) is 10.1 Å². The molecule has 0 aliphatic heterocycles. The molecule has 21 heavy (non-hydrogen) atoms. The third kappa shape index (κ3) is 4.13. The van der Waals surface area contributed by atoms with Gasteiger partial charge < -0.3 is 10.2 Å². The number of benzene rings is 1. The average Bonchev–Trinajstić information content (AvgIpc) is 2.48. The molecule has 0 aliphatic rings. The second-order valence-electron chi connectivity index (χ2n) is 4.74. The van der Waals surface area contributed by atoms with Crippen LogP contribution in [-0.2, 0) is 6.42 Å². The molecule has 0 unspecified atom stereocenters. The maximum absolute atomic E-state index is 10.6. The number of nitrogens with zero attached hydrogens (tertiary/aromatic N) is 4. The third-order valence-corrected chi connectivity index (χ3v) is 2.91. The second kappa shape index (κ2) is 6.65. The fourth-order valence-corrected chi connectivity index (χ4v) is 1.78. The molecular formula is C14H17N5O2. The molecule has 2 aromatic rings. The Hall–Kier alpha value is -2.70. The van der Waals surface area contributed by atoms with E-state index in [0.29, 0.717) is 12.5 Å². The number of nitro groups is 1. The molecule has 0 atom stereocenters. The Morgan fingerprint density at radius 1 is 1.24 bits per heavy atom. The fraction of sp³-hybridized carbons (Fsp3) is 0.286. The minimum atomic E-state index is -0.397. The molecular weight excluding hydrogens is 270 g/mol. The molecule has 0 saturated heterocycles. The van der Waals surface area contributed by atoms with Crippen LogP contribution in [0.15, 0.2) is 36.5 Å². The quantitative estimate of drug-likeness (QED) is 0.647. The summed E-state index contributed by atoms with van der Waals surface area (Å²) in [5.41, 5.74) is 1.15. The van der Waals surface area contributed by atoms with Gasteiger partial charge >= 0.3 is 0 Å². The highest BCUT2D eigenvalue weighted by Gasteiger charge is 2.04. The summed E-state index contributed by atoms with van der Waals surface area (Å²) in [7, 11) is 3.77. The zero-order valence-corrected chi connectivity index (χ0v) is 12.0. The Bertz CT molecular complexity index is 613. The molecule has 0 radical (unpaired) electrons. The van der Waals surface area contributed by atoms with E-state index in [1.54, 1.807) is 18.3 Å². The van der Waals surface area contributed by atoms with E-state index < -0.39 is 4.92 Å². The van der Waals surface area contributed by atoms with Crippen molar-refractivity contribution in [2.24, 2.45) is 0 Å². The van der Waals surface area contributed by atoms with E-state index in [4.69, 9.17) is 0 Å². The predicted molar refractivity (Wildman–Crippen MR) is 81.6 cm³/mol. The molecule has 2 rings (SSSR count). The predicted octanol–water partition coefficient (Wildman–Crippen LogP) is 2.11. The molecule has 7 nitrogen and oxygen atoms in total. The van der Waals surface area contributed by atoms with Crippen LogP contribution in [0.3, 0.4) is 0 Å². The highest BCUT2D eigenvalue weighted by atomic mass is 16.6. The van der Waals surface area contributed by atoms with E-state index in [-0.39, 0.29) is 5.69 Å². The molecule has 1 heterocycles. The first-order valence-electron chi connectivity index (χ1n) is 6.54. The highest BCUT2D eigenvalue weighted by molar-refractivity contribution is 5.40. The number of hydrogen-bond donors (Lipinski definition) is 1. The third-order valence-electron chi connectivity index (χ3n) is 2.91. The van der Waals surface area contributed by atoms with Crippen molar-refractivity contribution in [3.05, 3.63) is 52.2 Å². The molecule has 0 fully saturated rings. The summed E-state index contributed by atoms with van der Waals surface area (Å²) in [5.74, 6) is 1.41. The summed E-state index contributed by atoms with van der Waals surface area (Å²) in [4.78, 5) is 20.5. The minimum Gasteiger partial charge on any atom is -0.370 e. The lowest BCUT2D eigenvalue weighted by Crippen LogP contribution is -2.14. The number of aromatic nitrogens is 2. The lowest BCUT2D eigenvalue weighted by Gasteiger charge is -2.11. The van der Waals surface area contributed by atoms with Crippen LogP contribution >= 0.6 is 0 Å². The molecule has 0 spiro atoms. The van der Waals surface area contributed by atoms with Gasteiger partial charge in [0.15, 0.2) is 0 Å². The van der Waals surface area contributed by atoms with Gasteiger partial charge in [-0.2, -0.15) is 4.98 Å². The van der Waals surface area contributed by atoms with Gasteiger partial charge in [0.1, 0.15) is 5.82 Å². The number of nitrogens with one attached hydrogen (secondary N) is 1. The van der Waals surface area contributed by atoms with E-state index in [0.717, 1.165) is 17.8 Å². The summed E-state index contributed by atoms with van der Waals surface area (Å²) < 4.78 is 0. The summed E-state index contributed by atoms with van der Waals surface area (Å²) in [5, 5.41) is 13.8. The summed E-state index contributed by atoms with van der Waals surface area (Å²) in [6, 6.07) is 8.38. The van der Waals surface area contributed by atoms with Crippen molar-refractivity contribution in [1.29, 1.82) is 0 Å². The maximum atomic E-state index is 10.6. The monoisotopic (exact) mass is 287 g/mol. The standard InChI is InChI=1S/C14H17N5O2/c1-18(2)14-16-10-8-13(17-14)15-9-7-11-3-5-12(6-4-11)19(20)21/h3-6,8,10H,7,9H2,1-2H3,(H,15,16,17). The molecule has 0 bridgehead atoms. The van der Waals surface area contributed by atoms with Crippen molar-refractivity contribution in [3.8, 4) is 0 Å². The van der Waals surface area contributed by atoms with Gasteiger partial charge in [-0.25, -0.2) is 4.98 Å². The Morgan fingerprint density at radius 2 is 1.95 bits per heavy atom. The van der Waals surface area contributed by atoms with Crippen LogP contribution < -0.4 is 10.2 Å². The van der Waals surface area contributed by atoms with Gasteiger partial charge in [-0.1, -0.05) is 12.1 Å². The van der Waals surface area contributed by atoms with Crippen LogP contribution in [0.5, 0.6) is 0 Å². The zero-order valence-electron chi connectivity index (χ0n) is 12.0. The van der Waals surface area contributed by atoms with Gasteiger partial charge in [-0.05, 0) is 18.1 Å². The fourth-order valence-electron chi connectivity index (χ4n) is 1.78. The van der Waals surface area contributed by atoms with E-state index in [1.807, 2.05) is 25.1 Å². The summed E-state index contributed by atoms with van der Waals surface area (Å²) in [6.45, 7) is 0.696. The van der Waals surface area contributed by atoms with Crippen molar-refractivity contribution in [3.63, 3.8) is 0 Å². The Morgan fingerprint density at radius 3 is 2.57 bits per heavy atom. The van der Waals surface area contributed by atoms with Gasteiger partial charge in [0.05, 0.1) is 4.92 Å². The number of rotatable bonds is 6. The molecule has 1 aromatic carbocycles. The van der Waals surface area contributed by atoms with Crippen LogP contribution in [0.4, 0.5) is 17.5 Å². The van der Waals surface area contributed by atoms with Crippen molar-refractivity contribution >= 4 is 17.5 Å². The van der Waals surface area contributed by atoms with Gasteiger partial charge in [0, 0.05) is 39.0 Å².